The van der Waals surface area contributed by atoms with Gasteiger partial charge < -0.3 is 278 Å². The van der Waals surface area contributed by atoms with Crippen molar-refractivity contribution in [3.05, 3.63) is 0 Å². The van der Waals surface area contributed by atoms with Crippen LogP contribution in [0.15, 0.2) is 0 Å². The van der Waals surface area contributed by atoms with Crippen LogP contribution in [0.2, 0.25) is 0 Å². The van der Waals surface area contributed by atoms with Crippen LogP contribution < -0.4 is 5.32 Å². The van der Waals surface area contributed by atoms with E-state index >= 15 is 0 Å². The zero-order chi connectivity index (χ0) is 91.7. The Morgan fingerprint density at radius 3 is 0.744 bits per heavy atom. The predicted octanol–water partition coefficient (Wildman–Crippen LogP) is -24.8. The predicted molar refractivity (Wildman–Crippen MR) is 374 cm³/mol. The fraction of sp³-hybridized carbons (Fsp3) is 0.985. The number of carbonyl (C=O) groups excluding carboxylic acids is 1. The van der Waals surface area contributed by atoms with Gasteiger partial charge in [0.05, 0.1) is 72.7 Å². The number of hydrogen-bond donors (Lipinski definition) is 35. The lowest BCUT2D eigenvalue weighted by atomic mass is 9.94. The van der Waals surface area contributed by atoms with Gasteiger partial charge in [0.25, 0.3) is 0 Å². The van der Waals surface area contributed by atoms with Gasteiger partial charge in [-0.1, -0.05) is 0 Å². The minimum atomic E-state index is -2.63. The summed E-state index contributed by atoms with van der Waals surface area (Å²) in [5, 5.41) is 379. The van der Waals surface area contributed by atoms with Crippen molar-refractivity contribution >= 4 is 5.91 Å². The Hall–Kier alpha value is -2.73. The summed E-state index contributed by atoms with van der Waals surface area (Å²) in [4.78, 5) is 12.4. The summed E-state index contributed by atoms with van der Waals surface area (Å²) < 4.78 is 123. The molecule has 55 atom stereocenters. The minimum Gasteiger partial charge on any atom is -0.394 e. The molecule has 0 bridgehead atoms. The summed E-state index contributed by atoms with van der Waals surface area (Å²) in [7, 11) is 0. The highest BCUT2D eigenvalue weighted by molar-refractivity contribution is 5.73. The summed E-state index contributed by atoms with van der Waals surface area (Å²) in [6.07, 6.45) is -119. The van der Waals surface area contributed by atoms with Crippen molar-refractivity contribution in [1.29, 1.82) is 0 Å². The highest BCUT2D eigenvalue weighted by Gasteiger charge is 2.62. The lowest BCUT2D eigenvalue weighted by molar-refractivity contribution is -0.411. The second kappa shape index (κ2) is 44.6. The molecule has 0 aromatic heterocycles. The first-order valence-corrected chi connectivity index (χ1v) is 39.7. The lowest BCUT2D eigenvalue weighted by Gasteiger charge is -2.51. The van der Waals surface area contributed by atoms with Crippen LogP contribution in [0.5, 0.6) is 0 Å². The quantitative estimate of drug-likeness (QED) is 0.0297. The van der Waals surface area contributed by atoms with Gasteiger partial charge in [0.1, 0.15) is 269 Å². The molecule has 0 saturated carbocycles. The van der Waals surface area contributed by atoms with Gasteiger partial charge in [-0.2, -0.15) is 0 Å². The molecule has 35 N–H and O–H groups in total. The van der Waals surface area contributed by atoms with E-state index in [1.165, 1.54) is 0 Å². The molecule has 57 heteroatoms. The summed E-state index contributed by atoms with van der Waals surface area (Å²) in [6, 6.07) is -1.85. The summed E-state index contributed by atoms with van der Waals surface area (Å²) >= 11 is 0. The summed E-state index contributed by atoms with van der Waals surface area (Å²) in [6.45, 7) is -11.8. The Kier molecular flexibility index (Phi) is 36.7. The molecule has 11 aliphatic heterocycles. The van der Waals surface area contributed by atoms with Crippen LogP contribution in [0.25, 0.3) is 0 Å². The molecule has 11 saturated heterocycles. The van der Waals surface area contributed by atoms with E-state index in [0.717, 1.165) is 6.92 Å². The summed E-state index contributed by atoms with van der Waals surface area (Å²) in [5.41, 5.74) is 0. The lowest BCUT2D eigenvalue weighted by Crippen LogP contribution is -2.69. The van der Waals surface area contributed by atoms with Crippen LogP contribution in [0, 0.1) is 0 Å². The molecule has 0 aromatic carbocycles. The van der Waals surface area contributed by atoms with Crippen LogP contribution in [-0.2, 0) is 104 Å². The highest BCUT2D eigenvalue weighted by Crippen LogP contribution is 2.42. The zero-order valence-corrected chi connectivity index (χ0v) is 65.7. The van der Waals surface area contributed by atoms with E-state index in [-0.39, 0.29) is 0 Å². The van der Waals surface area contributed by atoms with Crippen LogP contribution >= 0.6 is 0 Å². The molecule has 11 fully saturated rings. The maximum absolute atomic E-state index is 12.7. The van der Waals surface area contributed by atoms with Gasteiger partial charge in [0.2, 0.25) is 5.91 Å². The van der Waals surface area contributed by atoms with Gasteiger partial charge in [-0.05, 0) is 0 Å². The Labute approximate surface area is 704 Å². The van der Waals surface area contributed by atoms with E-state index in [1.807, 2.05) is 0 Å². The van der Waals surface area contributed by atoms with Crippen molar-refractivity contribution in [3.63, 3.8) is 0 Å². The van der Waals surface area contributed by atoms with Crippen molar-refractivity contribution in [2.45, 2.75) is 345 Å². The van der Waals surface area contributed by atoms with Crippen molar-refractivity contribution in [2.75, 3.05) is 72.7 Å². The fourth-order valence-electron chi connectivity index (χ4n) is 16.0. The second-order valence-corrected chi connectivity index (χ2v) is 31.6. The Morgan fingerprint density at radius 2 is 0.424 bits per heavy atom. The number of amides is 1. The standard InChI is InChI=1S/C68H115NO56/c1-13(79)69-25-36(90)50(22(10-78)107-58(25)104)118-64-49(103)53(121-67-57(43(97)32(86)19(7-75)114-67)125-68-56(42(96)31(85)20(8-76)115-68)124-63-48(102)51(33(87)21(9-77)111-63)119-60-44(98)37(91)26(80)14(2-70)108-60)35(89)24(117-64)11-105-59-47(101)52(120-66-55(41(95)30(84)18(6-74)113-66)123-62-46(100)39(93)28(82)16(4-72)110-62)34(88)23(116-59)12-106-65-54(40(94)29(83)17(5-73)112-65)122-61-45(99)38(92)27(81)15(3-71)109-61/h14-68,70-78,80-104H,2-12H2,1H3,(H,69,79)/t14-,15-,16-,17-,18-,19-,20-,21-,22-,23-,24-,25-,26-,27-,28-,29-,30-,31-,32-,33-,34-,35-,36-,37+,38+,39+,40+,41+,42+,43+,44-,45+,46+,47+,48+,49+,50-,51+,52+,53+,54+,55+,56+,57+,58-,59+,60+,61-,62-,63-,64+,65+,66-,67-,68-/m1/s1. The van der Waals surface area contributed by atoms with Crippen LogP contribution in [0.3, 0.4) is 0 Å². The highest BCUT2D eigenvalue weighted by atomic mass is 16.8. The van der Waals surface area contributed by atoms with Gasteiger partial charge in [-0.25, -0.2) is 0 Å². The third kappa shape index (κ3) is 21.8. The number of ether oxygens (including phenoxy) is 21. The molecular formula is C68H115NO56. The molecule has 0 aromatic rings. The van der Waals surface area contributed by atoms with E-state index in [9.17, 15) is 178 Å². The first kappa shape index (κ1) is 103. The maximum Gasteiger partial charge on any atom is 0.217 e. The van der Waals surface area contributed by atoms with E-state index < -0.39 is 416 Å². The SMILES string of the molecule is CC(=O)N[C@@H]1[C@@H](O)[C@H](O[C@@H]2O[C@H](CO[C@H]3O[C@H](CO[C@H]4O[C@H](CO)[C@@H](O)[C@H](O)[C@@H]4O[C@H]4O[C@H](CO)[C@@H](O)[C@H](O)[C@@H]4O)[C@@H](O)[C@H](O[C@H]4O[C@H](CO)[C@@H](O)[C@H](O)[C@@H]4O[C@H]4O[C@H](CO)[C@@H](O)[C@H](O)[C@@H]4O)[C@@H]3O)[C@@H](O)[C@H](O[C@H]3O[C@H](CO)[C@@H](O)[C@H](O)[C@@H]3O[C@H]3O[C@H](CO)[C@@H](O)[C@H](O)[C@@H]3O[C@H]3O[C@H](CO)[C@@H](O)[C@H](O[C@@H]4O[C@H](CO)[C@@H](O)[C@H](O)[C@H]4O)[C@@H]3O)[C@@H]2O)[C@@H](CO)O[C@H]1O. The van der Waals surface area contributed by atoms with Gasteiger partial charge in [0.15, 0.2) is 69.2 Å². The molecule has 0 unspecified atom stereocenters. The molecule has 11 heterocycles. The maximum atomic E-state index is 12.7. The topological polar surface area (TPSA) is 911 Å². The third-order valence-electron chi connectivity index (χ3n) is 23.4. The number of nitrogens with one attached hydrogen (secondary N) is 1. The monoisotopic (exact) mass is 1840 g/mol. The first-order valence-electron chi connectivity index (χ1n) is 39.7. The Morgan fingerprint density at radius 1 is 0.208 bits per heavy atom. The molecule has 11 rings (SSSR count). The number of hydrogen-bond acceptors (Lipinski definition) is 56. The zero-order valence-electron chi connectivity index (χ0n) is 65.7. The van der Waals surface area contributed by atoms with Gasteiger partial charge in [0, 0.05) is 6.92 Å². The van der Waals surface area contributed by atoms with Crippen LogP contribution in [0.4, 0.5) is 0 Å². The average Bonchev–Trinajstić information content (AvgIpc) is 0.767. The van der Waals surface area contributed by atoms with Gasteiger partial charge >= 0.3 is 0 Å². The molecule has 728 valence electrons. The molecule has 125 heavy (non-hydrogen) atoms. The van der Waals surface area contributed by atoms with Crippen LogP contribution in [-0.4, -0.2) is 590 Å². The van der Waals surface area contributed by atoms with Crippen LogP contribution in [0.1, 0.15) is 6.92 Å². The Bertz CT molecular complexity index is 3250. The number of aliphatic hydroxyl groups is 34. The van der Waals surface area contributed by atoms with E-state index in [4.69, 9.17) is 99.5 Å². The fourth-order valence-corrected chi connectivity index (χ4v) is 16.0. The number of carbonyl (C=O) groups is 1. The smallest absolute Gasteiger partial charge is 0.217 e. The molecule has 0 radical (unpaired) electrons. The molecule has 0 spiro atoms. The van der Waals surface area contributed by atoms with E-state index in [1.54, 1.807) is 0 Å². The first-order chi connectivity index (χ1) is 59.3. The minimum absolute atomic E-state index is 0.906. The van der Waals surface area contributed by atoms with Crippen molar-refractivity contribution in [3.8, 4) is 0 Å². The normalized spacial score (nSPS) is 52.7. The van der Waals surface area contributed by atoms with Crippen molar-refractivity contribution in [2.24, 2.45) is 0 Å². The molecule has 57 nitrogen and oxygen atoms in total. The van der Waals surface area contributed by atoms with Gasteiger partial charge in [-0.15, -0.1) is 0 Å². The molecule has 11 aliphatic rings. The van der Waals surface area contributed by atoms with E-state index in [2.05, 4.69) is 5.32 Å². The van der Waals surface area contributed by atoms with Crippen molar-refractivity contribution in [1.82, 2.24) is 5.32 Å². The van der Waals surface area contributed by atoms with Crippen molar-refractivity contribution < 1.29 is 278 Å². The number of rotatable bonds is 32. The average molecular weight is 1840 g/mol. The number of aliphatic hydroxyl groups excluding tert-OH is 34. The molecule has 1 amide bonds. The molecular weight excluding hydrogens is 1730 g/mol. The Balaban J connectivity index is 0.930. The second-order valence-electron chi connectivity index (χ2n) is 31.6. The third-order valence-corrected chi connectivity index (χ3v) is 23.4. The van der Waals surface area contributed by atoms with E-state index in [0.29, 0.717) is 0 Å². The van der Waals surface area contributed by atoms with Gasteiger partial charge in [-0.3, -0.25) is 4.79 Å². The largest absolute Gasteiger partial charge is 0.394 e. The summed E-state index contributed by atoms with van der Waals surface area (Å²) in [5.74, 6) is -0.906. The molecule has 0 aliphatic carbocycles.